The number of anilines is 1. The molecule has 0 fully saturated rings. The Morgan fingerprint density at radius 2 is 1.67 bits per heavy atom. The fraction of sp³-hybridized carbons (Fsp3) is 0. The summed E-state index contributed by atoms with van der Waals surface area (Å²) in [5, 5.41) is 7.98. The third-order valence-electron chi connectivity index (χ3n) is 2.43. The highest BCUT2D eigenvalue weighted by molar-refractivity contribution is 6.36. The van der Waals surface area contributed by atoms with Gasteiger partial charge in [0.1, 0.15) is 0 Å². The summed E-state index contributed by atoms with van der Waals surface area (Å²) >= 11 is 17.5. The van der Waals surface area contributed by atoms with Gasteiger partial charge in [-0.1, -0.05) is 40.9 Å². The van der Waals surface area contributed by atoms with Gasteiger partial charge in [0.05, 0.1) is 11.2 Å². The van der Waals surface area contributed by atoms with Crippen LogP contribution in [0.2, 0.25) is 15.1 Å². The fourth-order valence-electron chi connectivity index (χ4n) is 1.46. The minimum atomic E-state index is -0.473. The molecule has 0 aromatic heterocycles. The molecule has 0 heterocycles. The van der Waals surface area contributed by atoms with Crippen molar-refractivity contribution in [2.45, 2.75) is 0 Å². The normalized spacial score (nSPS) is 10.6. The summed E-state index contributed by atoms with van der Waals surface area (Å²) in [6.07, 6.45) is 1.43. The van der Waals surface area contributed by atoms with Crippen molar-refractivity contribution in [1.29, 1.82) is 0 Å². The van der Waals surface area contributed by atoms with Crippen molar-refractivity contribution in [2.24, 2.45) is 5.10 Å². The second-order valence-electron chi connectivity index (χ2n) is 4.00. The second-order valence-corrected chi connectivity index (χ2v) is 5.28. The van der Waals surface area contributed by atoms with E-state index in [1.807, 2.05) is 0 Å². The molecule has 2 amide bonds. The van der Waals surface area contributed by atoms with Crippen LogP contribution in [-0.4, -0.2) is 12.2 Å². The number of urea groups is 1. The number of carbonyl (C=O) groups excluding carboxylic acids is 1. The number of amides is 2. The van der Waals surface area contributed by atoms with E-state index in [1.165, 1.54) is 6.21 Å². The maximum atomic E-state index is 11.6. The monoisotopic (exact) mass is 341 g/mol. The van der Waals surface area contributed by atoms with Crippen LogP contribution in [0.25, 0.3) is 0 Å². The Kier molecular flexibility index (Phi) is 5.44. The number of carbonyl (C=O) groups is 1. The van der Waals surface area contributed by atoms with Gasteiger partial charge in [-0.2, -0.15) is 5.10 Å². The third kappa shape index (κ3) is 4.93. The minimum Gasteiger partial charge on any atom is -0.307 e. The van der Waals surface area contributed by atoms with E-state index in [-0.39, 0.29) is 0 Å². The molecule has 2 rings (SSSR count). The zero-order chi connectivity index (χ0) is 15.2. The lowest BCUT2D eigenvalue weighted by Crippen LogP contribution is -2.24. The van der Waals surface area contributed by atoms with E-state index in [2.05, 4.69) is 15.8 Å². The van der Waals surface area contributed by atoms with Crippen LogP contribution in [0.5, 0.6) is 0 Å². The molecule has 21 heavy (non-hydrogen) atoms. The van der Waals surface area contributed by atoms with Crippen LogP contribution < -0.4 is 10.7 Å². The van der Waals surface area contributed by atoms with E-state index in [9.17, 15) is 4.79 Å². The zero-order valence-electron chi connectivity index (χ0n) is 10.6. The second kappa shape index (κ2) is 7.31. The molecular formula is C14H10Cl3N3O. The fourth-order valence-corrected chi connectivity index (χ4v) is 2.04. The molecule has 0 bridgehead atoms. The van der Waals surface area contributed by atoms with Crippen LogP contribution in [0, 0.1) is 0 Å². The van der Waals surface area contributed by atoms with Gasteiger partial charge in [-0.15, -0.1) is 0 Å². The SMILES string of the molecule is O=C(N/N=C\c1ccc(Cl)cc1Cl)Nc1ccc(Cl)cc1. The van der Waals surface area contributed by atoms with Crippen LogP contribution in [0.1, 0.15) is 5.56 Å². The van der Waals surface area contributed by atoms with E-state index >= 15 is 0 Å². The molecule has 0 aliphatic carbocycles. The first-order valence-electron chi connectivity index (χ1n) is 5.85. The Labute approximate surface area is 136 Å². The molecule has 0 saturated carbocycles. The summed E-state index contributed by atoms with van der Waals surface area (Å²) in [6.45, 7) is 0. The molecule has 2 N–H and O–H groups in total. The van der Waals surface area contributed by atoms with Crippen LogP contribution in [0.15, 0.2) is 47.6 Å². The first-order chi connectivity index (χ1) is 10.0. The molecule has 108 valence electrons. The summed E-state index contributed by atoms with van der Waals surface area (Å²) in [4.78, 5) is 11.6. The Balaban J connectivity index is 1.91. The molecule has 2 aromatic carbocycles. The number of hydrazone groups is 1. The molecule has 0 atom stereocenters. The molecule has 4 nitrogen and oxygen atoms in total. The van der Waals surface area contributed by atoms with Crippen LogP contribution in [-0.2, 0) is 0 Å². The van der Waals surface area contributed by atoms with E-state index in [0.717, 1.165) is 0 Å². The van der Waals surface area contributed by atoms with Gasteiger partial charge in [0.2, 0.25) is 0 Å². The molecule has 0 spiro atoms. The van der Waals surface area contributed by atoms with Gasteiger partial charge in [-0.05, 0) is 36.4 Å². The summed E-state index contributed by atoms with van der Waals surface area (Å²) in [7, 11) is 0. The van der Waals surface area contributed by atoms with Crippen LogP contribution >= 0.6 is 34.8 Å². The Morgan fingerprint density at radius 3 is 2.33 bits per heavy atom. The maximum absolute atomic E-state index is 11.6. The largest absolute Gasteiger partial charge is 0.339 e. The minimum absolute atomic E-state index is 0.450. The summed E-state index contributed by atoms with van der Waals surface area (Å²) in [5.41, 5.74) is 3.59. The predicted octanol–water partition coefficient (Wildman–Crippen LogP) is 4.80. The number of benzene rings is 2. The van der Waals surface area contributed by atoms with Crippen molar-refractivity contribution in [3.05, 3.63) is 63.1 Å². The lowest BCUT2D eigenvalue weighted by atomic mass is 10.2. The average molecular weight is 343 g/mol. The molecule has 0 aliphatic rings. The number of hydrogen-bond donors (Lipinski definition) is 2. The first kappa shape index (κ1) is 15.6. The van der Waals surface area contributed by atoms with Crippen molar-refractivity contribution >= 4 is 52.7 Å². The van der Waals surface area contributed by atoms with Crippen molar-refractivity contribution in [3.63, 3.8) is 0 Å². The highest BCUT2D eigenvalue weighted by Gasteiger charge is 2.01. The van der Waals surface area contributed by atoms with Gasteiger partial charge in [0, 0.05) is 21.3 Å². The Hall–Kier alpha value is -1.75. The number of rotatable bonds is 3. The molecule has 0 radical (unpaired) electrons. The highest BCUT2D eigenvalue weighted by Crippen LogP contribution is 2.19. The third-order valence-corrected chi connectivity index (χ3v) is 3.25. The van der Waals surface area contributed by atoms with E-state index in [1.54, 1.807) is 42.5 Å². The predicted molar refractivity (Wildman–Crippen MR) is 87.7 cm³/mol. The van der Waals surface area contributed by atoms with Crippen LogP contribution in [0.4, 0.5) is 10.5 Å². The van der Waals surface area contributed by atoms with Crippen LogP contribution in [0.3, 0.4) is 0 Å². The topological polar surface area (TPSA) is 53.5 Å². The maximum Gasteiger partial charge on any atom is 0.339 e. The molecular weight excluding hydrogens is 333 g/mol. The molecule has 0 saturated heterocycles. The molecule has 7 heteroatoms. The smallest absolute Gasteiger partial charge is 0.307 e. The number of nitrogens with one attached hydrogen (secondary N) is 2. The standard InChI is InChI=1S/C14H10Cl3N3O/c15-10-3-5-12(6-4-10)19-14(21)20-18-8-9-1-2-11(16)7-13(9)17/h1-8H,(H2,19,20,21)/b18-8-. The lowest BCUT2D eigenvalue weighted by Gasteiger charge is -2.04. The highest BCUT2D eigenvalue weighted by atomic mass is 35.5. The number of halogens is 3. The van der Waals surface area contributed by atoms with Gasteiger partial charge in [-0.25, -0.2) is 10.2 Å². The summed E-state index contributed by atoms with van der Waals surface area (Å²) in [5.74, 6) is 0. The van der Waals surface area contributed by atoms with Gasteiger partial charge in [0.15, 0.2) is 0 Å². The quantitative estimate of drug-likeness (QED) is 0.611. The zero-order valence-corrected chi connectivity index (χ0v) is 12.9. The molecule has 2 aromatic rings. The summed E-state index contributed by atoms with van der Waals surface area (Å²) < 4.78 is 0. The Bertz CT molecular complexity index is 672. The average Bonchev–Trinajstić information content (AvgIpc) is 2.44. The van der Waals surface area contributed by atoms with Gasteiger partial charge < -0.3 is 5.32 Å². The van der Waals surface area contributed by atoms with Gasteiger partial charge >= 0.3 is 6.03 Å². The summed E-state index contributed by atoms with van der Waals surface area (Å²) in [6, 6.07) is 11.2. The van der Waals surface area contributed by atoms with Crippen molar-refractivity contribution in [3.8, 4) is 0 Å². The van der Waals surface area contributed by atoms with Gasteiger partial charge in [0.25, 0.3) is 0 Å². The Morgan fingerprint density at radius 1 is 1.00 bits per heavy atom. The molecule has 0 aliphatic heterocycles. The molecule has 0 unspecified atom stereocenters. The number of hydrogen-bond acceptors (Lipinski definition) is 2. The van der Waals surface area contributed by atoms with Gasteiger partial charge in [-0.3, -0.25) is 0 Å². The van der Waals surface area contributed by atoms with E-state index < -0.39 is 6.03 Å². The lowest BCUT2D eigenvalue weighted by molar-refractivity contribution is 0.252. The van der Waals surface area contributed by atoms with Crippen molar-refractivity contribution in [1.82, 2.24) is 5.43 Å². The number of nitrogens with zero attached hydrogens (tertiary/aromatic N) is 1. The van der Waals surface area contributed by atoms with E-state index in [0.29, 0.717) is 26.3 Å². The van der Waals surface area contributed by atoms with E-state index in [4.69, 9.17) is 34.8 Å². The first-order valence-corrected chi connectivity index (χ1v) is 6.98. The van der Waals surface area contributed by atoms with Crippen molar-refractivity contribution < 1.29 is 4.79 Å². The van der Waals surface area contributed by atoms with Crippen molar-refractivity contribution in [2.75, 3.05) is 5.32 Å².